The average Bonchev–Trinajstić information content (AvgIpc) is 2.85. The van der Waals surface area contributed by atoms with Crippen molar-refractivity contribution in [1.29, 1.82) is 0 Å². The van der Waals surface area contributed by atoms with E-state index in [1.54, 1.807) is 0 Å². The molecular formula is C20H12F2N2. The summed E-state index contributed by atoms with van der Waals surface area (Å²) < 4.78 is 27.1. The molecule has 0 N–H and O–H groups in total. The Morgan fingerprint density at radius 3 is 1.58 bits per heavy atom. The molecule has 4 aromatic rings. The molecule has 0 bridgehead atoms. The normalized spacial score (nSPS) is 12.2. The summed E-state index contributed by atoms with van der Waals surface area (Å²) in [5.41, 5.74) is 6.60. The van der Waals surface area contributed by atoms with E-state index in [4.69, 9.17) is 0 Å². The highest BCUT2D eigenvalue weighted by molar-refractivity contribution is 6.15. The van der Waals surface area contributed by atoms with Crippen molar-refractivity contribution in [2.75, 3.05) is 0 Å². The molecule has 1 aromatic heterocycles. The number of nitrogens with zero attached hydrogens (tertiary/aromatic N) is 2. The van der Waals surface area contributed by atoms with E-state index in [0.717, 1.165) is 40.0 Å². The molecule has 1 aliphatic carbocycles. The lowest BCUT2D eigenvalue weighted by molar-refractivity contribution is 0.510. The van der Waals surface area contributed by atoms with Crippen molar-refractivity contribution >= 4 is 21.8 Å². The number of aromatic nitrogens is 2. The van der Waals surface area contributed by atoms with Crippen molar-refractivity contribution in [1.82, 2.24) is 9.97 Å². The first kappa shape index (κ1) is 13.5. The molecule has 116 valence electrons. The summed E-state index contributed by atoms with van der Waals surface area (Å²) in [5.74, 6) is -1.81. The molecule has 0 fully saturated rings. The molecule has 4 heteroatoms. The van der Waals surface area contributed by atoms with Gasteiger partial charge in [-0.3, -0.25) is 0 Å². The highest BCUT2D eigenvalue weighted by Gasteiger charge is 2.26. The van der Waals surface area contributed by atoms with Crippen LogP contribution in [0.4, 0.5) is 8.78 Å². The molecule has 0 saturated heterocycles. The molecule has 3 aromatic carbocycles. The van der Waals surface area contributed by atoms with Crippen LogP contribution < -0.4 is 0 Å². The number of benzene rings is 3. The van der Waals surface area contributed by atoms with E-state index in [1.807, 2.05) is 12.1 Å². The van der Waals surface area contributed by atoms with Gasteiger partial charge in [-0.2, -0.15) is 0 Å². The van der Waals surface area contributed by atoms with E-state index in [2.05, 4.69) is 35.9 Å². The maximum atomic E-state index is 13.6. The van der Waals surface area contributed by atoms with Crippen LogP contribution in [0, 0.1) is 25.5 Å². The second-order valence-electron chi connectivity index (χ2n) is 6.29. The highest BCUT2D eigenvalue weighted by Crippen LogP contribution is 2.47. The average molecular weight is 318 g/mol. The van der Waals surface area contributed by atoms with Crippen molar-refractivity contribution in [2.24, 2.45) is 0 Å². The molecular weight excluding hydrogens is 306 g/mol. The summed E-state index contributed by atoms with van der Waals surface area (Å²) in [6, 6.07) is 10.4. The molecule has 2 nitrogen and oxygen atoms in total. The summed E-state index contributed by atoms with van der Waals surface area (Å²) in [4.78, 5) is 9.18. The number of hydrogen-bond donors (Lipinski definition) is 0. The third-order valence-electron chi connectivity index (χ3n) is 4.79. The van der Waals surface area contributed by atoms with Crippen molar-refractivity contribution in [2.45, 2.75) is 13.8 Å². The molecule has 1 aliphatic rings. The van der Waals surface area contributed by atoms with Gasteiger partial charge in [0.05, 0.1) is 22.4 Å². The van der Waals surface area contributed by atoms with Crippen LogP contribution in [0.5, 0.6) is 0 Å². The second-order valence-corrected chi connectivity index (χ2v) is 6.29. The Kier molecular flexibility index (Phi) is 2.46. The molecule has 5 rings (SSSR count). The summed E-state index contributed by atoms with van der Waals surface area (Å²) in [6.07, 6.45) is 0. The lowest BCUT2D eigenvalue weighted by Gasteiger charge is -2.08. The van der Waals surface area contributed by atoms with Crippen LogP contribution in [0.3, 0.4) is 0 Å². The third-order valence-corrected chi connectivity index (χ3v) is 4.79. The van der Waals surface area contributed by atoms with Gasteiger partial charge in [0.15, 0.2) is 11.6 Å². The smallest absolute Gasteiger partial charge is 0.161 e. The quantitative estimate of drug-likeness (QED) is 0.386. The van der Waals surface area contributed by atoms with Crippen molar-refractivity contribution < 1.29 is 8.78 Å². The molecule has 0 unspecified atom stereocenters. The molecule has 24 heavy (non-hydrogen) atoms. The monoisotopic (exact) mass is 318 g/mol. The molecule has 0 atom stereocenters. The van der Waals surface area contributed by atoms with E-state index in [1.165, 1.54) is 16.5 Å². The SMILES string of the molecule is Cc1ccc2c3c(ccc(C)c13)-c1nc3cc(F)c(F)cc3nc1-2. The highest BCUT2D eigenvalue weighted by atomic mass is 19.2. The number of halogens is 2. The fraction of sp³-hybridized carbons (Fsp3) is 0.100. The zero-order valence-electron chi connectivity index (χ0n) is 13.1. The molecule has 0 radical (unpaired) electrons. The summed E-state index contributed by atoms with van der Waals surface area (Å²) in [7, 11) is 0. The molecule has 0 aliphatic heterocycles. The molecule has 1 heterocycles. The molecule has 0 amide bonds. The Bertz CT molecular complexity index is 1110. The van der Waals surface area contributed by atoms with E-state index < -0.39 is 11.6 Å². The number of rotatable bonds is 0. The number of hydrogen-bond acceptors (Lipinski definition) is 2. The Labute approximate surface area is 136 Å². The maximum absolute atomic E-state index is 13.6. The van der Waals surface area contributed by atoms with Crippen LogP contribution in [0.1, 0.15) is 11.1 Å². The minimum absolute atomic E-state index is 0.367. The van der Waals surface area contributed by atoms with Gasteiger partial charge in [0.1, 0.15) is 0 Å². The predicted molar refractivity (Wildman–Crippen MR) is 90.9 cm³/mol. The third kappa shape index (κ3) is 1.58. The zero-order valence-corrected chi connectivity index (χ0v) is 13.1. The van der Waals surface area contributed by atoms with Crippen LogP contribution in [-0.2, 0) is 0 Å². The first-order valence-corrected chi connectivity index (χ1v) is 7.75. The maximum Gasteiger partial charge on any atom is 0.161 e. The van der Waals surface area contributed by atoms with Crippen LogP contribution in [0.25, 0.3) is 44.3 Å². The summed E-state index contributed by atoms with van der Waals surface area (Å²) >= 11 is 0. The summed E-state index contributed by atoms with van der Waals surface area (Å²) in [6.45, 7) is 4.17. The van der Waals surface area contributed by atoms with Crippen molar-refractivity contribution in [3.05, 3.63) is 59.2 Å². The Morgan fingerprint density at radius 1 is 0.667 bits per heavy atom. The van der Waals surface area contributed by atoms with Crippen LogP contribution in [0.2, 0.25) is 0 Å². The van der Waals surface area contributed by atoms with Gasteiger partial charge in [0.25, 0.3) is 0 Å². The zero-order chi connectivity index (χ0) is 16.6. The van der Waals surface area contributed by atoms with Gasteiger partial charge in [0, 0.05) is 28.6 Å². The predicted octanol–water partition coefficient (Wildman–Crippen LogP) is 5.33. The first-order valence-electron chi connectivity index (χ1n) is 7.75. The topological polar surface area (TPSA) is 25.8 Å². The van der Waals surface area contributed by atoms with E-state index in [9.17, 15) is 8.78 Å². The minimum Gasteiger partial charge on any atom is -0.244 e. The largest absolute Gasteiger partial charge is 0.244 e. The van der Waals surface area contributed by atoms with Gasteiger partial charge >= 0.3 is 0 Å². The number of fused-ring (bicyclic) bond motifs is 4. The summed E-state index contributed by atoms with van der Waals surface area (Å²) in [5, 5.41) is 2.33. The standard InChI is InChI=1S/C20H12F2N2/c1-9-3-5-11-18-12(6-4-10(2)17(9)18)20-19(11)23-15-7-13(21)14(22)8-16(15)24-20/h3-8H,1-2H3. The first-order chi connectivity index (χ1) is 11.5. The van der Waals surface area contributed by atoms with Gasteiger partial charge in [-0.25, -0.2) is 18.7 Å². The van der Waals surface area contributed by atoms with E-state index >= 15 is 0 Å². The minimum atomic E-state index is -0.905. The number of aryl methyl sites for hydroxylation is 2. The van der Waals surface area contributed by atoms with Crippen molar-refractivity contribution in [3.8, 4) is 22.5 Å². The Hall–Kier alpha value is -2.88. The molecule has 0 saturated carbocycles. The second kappa shape index (κ2) is 4.35. The van der Waals surface area contributed by atoms with Crippen LogP contribution in [0.15, 0.2) is 36.4 Å². The van der Waals surface area contributed by atoms with Crippen LogP contribution in [-0.4, -0.2) is 9.97 Å². The lowest BCUT2D eigenvalue weighted by Crippen LogP contribution is -1.93. The Balaban J connectivity index is 1.97. The molecule has 0 spiro atoms. The van der Waals surface area contributed by atoms with Crippen molar-refractivity contribution in [3.63, 3.8) is 0 Å². The van der Waals surface area contributed by atoms with Gasteiger partial charge in [0.2, 0.25) is 0 Å². The van der Waals surface area contributed by atoms with E-state index in [-0.39, 0.29) is 0 Å². The van der Waals surface area contributed by atoms with Gasteiger partial charge in [-0.15, -0.1) is 0 Å². The van der Waals surface area contributed by atoms with Gasteiger partial charge < -0.3 is 0 Å². The van der Waals surface area contributed by atoms with Gasteiger partial charge in [-0.1, -0.05) is 24.3 Å². The van der Waals surface area contributed by atoms with E-state index in [0.29, 0.717) is 11.0 Å². The fourth-order valence-corrected chi connectivity index (χ4v) is 3.69. The van der Waals surface area contributed by atoms with Crippen LogP contribution >= 0.6 is 0 Å². The lowest BCUT2D eigenvalue weighted by atomic mass is 9.96. The Morgan fingerprint density at radius 2 is 1.12 bits per heavy atom. The fourth-order valence-electron chi connectivity index (χ4n) is 3.69. The van der Waals surface area contributed by atoms with Gasteiger partial charge in [-0.05, 0) is 30.4 Å².